The van der Waals surface area contributed by atoms with Crippen molar-refractivity contribution in [2.75, 3.05) is 38.7 Å². The van der Waals surface area contributed by atoms with Crippen molar-refractivity contribution in [3.8, 4) is 0 Å². The van der Waals surface area contributed by atoms with Gasteiger partial charge in [-0.2, -0.15) is 4.37 Å². The molecule has 5 nitrogen and oxygen atoms in total. The maximum Gasteiger partial charge on any atom is 0.258 e. The number of carbonyl (C=O) groups is 1. The first-order chi connectivity index (χ1) is 11.7. The van der Waals surface area contributed by atoms with Gasteiger partial charge < -0.3 is 4.90 Å². The molecule has 24 heavy (non-hydrogen) atoms. The lowest BCUT2D eigenvalue weighted by atomic mass is 10.2. The summed E-state index contributed by atoms with van der Waals surface area (Å²) in [5, 5.41) is 0.854. The number of hydrogen-bond acceptors (Lipinski definition) is 7. The predicted octanol–water partition coefficient (Wildman–Crippen LogP) is 2.94. The molecule has 0 radical (unpaired) electrons. The van der Waals surface area contributed by atoms with Crippen molar-refractivity contribution in [3.63, 3.8) is 0 Å². The van der Waals surface area contributed by atoms with Gasteiger partial charge in [0.15, 0.2) is 0 Å². The van der Waals surface area contributed by atoms with Gasteiger partial charge in [-0.1, -0.05) is 6.07 Å². The average molecular weight is 381 g/mol. The maximum atomic E-state index is 12.9. The van der Waals surface area contributed by atoms with Crippen LogP contribution in [0.1, 0.15) is 15.9 Å². The Labute approximate surface area is 155 Å². The predicted molar refractivity (Wildman–Crippen MR) is 101 cm³/mol. The van der Waals surface area contributed by atoms with Crippen LogP contribution in [0.2, 0.25) is 0 Å². The molecule has 1 aliphatic rings. The Morgan fingerprint density at radius 1 is 1.25 bits per heavy atom. The number of piperazine rings is 1. The molecule has 0 saturated carbocycles. The highest BCUT2D eigenvalue weighted by molar-refractivity contribution is 8.01. The highest BCUT2D eigenvalue weighted by Crippen LogP contribution is 2.33. The third-order valence-electron chi connectivity index (χ3n) is 4.01. The SMILES string of the molecule is CSc1nsc(SC)c1C(=O)N1CCN(Cc2cccnc2)CC1. The molecule has 0 atom stereocenters. The van der Waals surface area contributed by atoms with Gasteiger partial charge in [-0.25, -0.2) is 0 Å². The first-order valence-corrected chi connectivity index (χ1v) is 10.9. The van der Waals surface area contributed by atoms with Crippen LogP contribution >= 0.6 is 35.1 Å². The van der Waals surface area contributed by atoms with Crippen molar-refractivity contribution in [2.45, 2.75) is 15.8 Å². The standard InChI is InChI=1S/C16H20N4OS3/c1-22-14-13(16(23-2)24-18-14)15(21)20-8-6-19(7-9-20)11-12-4-3-5-17-10-12/h3-5,10H,6-9,11H2,1-2H3. The van der Waals surface area contributed by atoms with Crippen molar-refractivity contribution in [2.24, 2.45) is 0 Å². The molecule has 0 unspecified atom stereocenters. The molecule has 2 aromatic heterocycles. The summed E-state index contributed by atoms with van der Waals surface area (Å²) < 4.78 is 5.43. The summed E-state index contributed by atoms with van der Waals surface area (Å²) >= 11 is 4.57. The van der Waals surface area contributed by atoms with Gasteiger partial charge >= 0.3 is 0 Å². The minimum absolute atomic E-state index is 0.124. The van der Waals surface area contributed by atoms with E-state index in [1.54, 1.807) is 29.7 Å². The number of nitrogens with zero attached hydrogens (tertiary/aromatic N) is 4. The van der Waals surface area contributed by atoms with Gasteiger partial charge in [-0.3, -0.25) is 14.7 Å². The van der Waals surface area contributed by atoms with Crippen LogP contribution in [-0.2, 0) is 6.54 Å². The fourth-order valence-electron chi connectivity index (χ4n) is 2.74. The second kappa shape index (κ2) is 8.33. The average Bonchev–Trinajstić information content (AvgIpc) is 3.05. The summed E-state index contributed by atoms with van der Waals surface area (Å²) in [4.78, 5) is 21.4. The van der Waals surface area contributed by atoms with E-state index >= 15 is 0 Å². The molecular weight excluding hydrogens is 360 g/mol. The summed E-state index contributed by atoms with van der Waals surface area (Å²) in [5.41, 5.74) is 2.01. The molecule has 128 valence electrons. The third kappa shape index (κ3) is 3.93. The number of pyridine rings is 1. The number of thioether (sulfide) groups is 2. The van der Waals surface area contributed by atoms with Crippen LogP contribution in [0.15, 0.2) is 33.8 Å². The fraction of sp³-hybridized carbons (Fsp3) is 0.438. The summed E-state index contributed by atoms with van der Waals surface area (Å²) in [5.74, 6) is 0.124. The van der Waals surface area contributed by atoms with E-state index in [9.17, 15) is 4.79 Å². The highest BCUT2D eigenvalue weighted by Gasteiger charge is 2.27. The van der Waals surface area contributed by atoms with E-state index in [4.69, 9.17) is 0 Å². The molecule has 0 bridgehead atoms. The van der Waals surface area contributed by atoms with Gasteiger partial charge in [0.1, 0.15) is 5.03 Å². The van der Waals surface area contributed by atoms with Crippen molar-refractivity contribution in [3.05, 3.63) is 35.7 Å². The van der Waals surface area contributed by atoms with Gasteiger partial charge in [0, 0.05) is 45.1 Å². The topological polar surface area (TPSA) is 49.3 Å². The Bertz CT molecular complexity index is 662. The van der Waals surface area contributed by atoms with E-state index in [0.29, 0.717) is 0 Å². The minimum Gasteiger partial charge on any atom is -0.336 e. The smallest absolute Gasteiger partial charge is 0.258 e. The summed E-state index contributed by atoms with van der Waals surface area (Å²) in [6, 6.07) is 4.06. The quantitative estimate of drug-likeness (QED) is 0.744. The number of carbonyl (C=O) groups excluding carboxylic acids is 1. The molecule has 2 aromatic rings. The van der Waals surface area contributed by atoms with Crippen LogP contribution in [0.4, 0.5) is 0 Å². The number of amides is 1. The summed E-state index contributed by atoms with van der Waals surface area (Å²) in [7, 11) is 0. The molecule has 0 aliphatic carbocycles. The van der Waals surface area contributed by atoms with Gasteiger partial charge in [0.2, 0.25) is 0 Å². The van der Waals surface area contributed by atoms with Crippen molar-refractivity contribution in [1.82, 2.24) is 19.2 Å². The zero-order valence-corrected chi connectivity index (χ0v) is 16.2. The van der Waals surface area contributed by atoms with Crippen LogP contribution in [-0.4, -0.2) is 63.8 Å². The zero-order chi connectivity index (χ0) is 16.9. The lowest BCUT2D eigenvalue weighted by Gasteiger charge is -2.34. The second-order valence-electron chi connectivity index (χ2n) is 5.49. The largest absolute Gasteiger partial charge is 0.336 e. The van der Waals surface area contributed by atoms with Gasteiger partial charge in [-0.15, -0.1) is 23.5 Å². The summed E-state index contributed by atoms with van der Waals surface area (Å²) in [6.45, 7) is 4.19. The molecular formula is C16H20N4OS3. The lowest BCUT2D eigenvalue weighted by Crippen LogP contribution is -2.48. The Morgan fingerprint density at radius 2 is 2.04 bits per heavy atom. The van der Waals surface area contributed by atoms with Gasteiger partial charge in [0.25, 0.3) is 5.91 Å². The molecule has 8 heteroatoms. The first kappa shape index (κ1) is 17.7. The number of rotatable bonds is 5. The van der Waals surface area contributed by atoms with Crippen LogP contribution in [0.3, 0.4) is 0 Å². The van der Waals surface area contributed by atoms with Crippen molar-refractivity contribution < 1.29 is 4.79 Å². The Balaban J connectivity index is 1.62. The molecule has 0 spiro atoms. The molecule has 3 rings (SSSR count). The minimum atomic E-state index is 0.124. The lowest BCUT2D eigenvalue weighted by molar-refractivity contribution is 0.0622. The molecule has 1 saturated heterocycles. The van der Waals surface area contributed by atoms with E-state index < -0.39 is 0 Å². The first-order valence-electron chi connectivity index (χ1n) is 7.71. The molecule has 0 aromatic carbocycles. The van der Waals surface area contributed by atoms with Crippen molar-refractivity contribution in [1.29, 1.82) is 0 Å². The second-order valence-corrected chi connectivity index (χ2v) is 8.13. The van der Waals surface area contributed by atoms with E-state index in [1.165, 1.54) is 17.1 Å². The Kier molecular flexibility index (Phi) is 6.15. The van der Waals surface area contributed by atoms with Gasteiger partial charge in [0.05, 0.1) is 9.77 Å². The molecule has 3 heterocycles. The molecule has 1 fully saturated rings. The highest BCUT2D eigenvalue weighted by atomic mass is 32.2. The zero-order valence-electron chi connectivity index (χ0n) is 13.8. The van der Waals surface area contributed by atoms with E-state index in [1.807, 2.05) is 29.7 Å². The number of aromatic nitrogens is 2. The van der Waals surface area contributed by atoms with Gasteiger partial charge in [-0.05, 0) is 35.7 Å². The Hall–Kier alpha value is -1.09. The van der Waals surface area contributed by atoms with E-state index in [0.717, 1.165) is 47.5 Å². The summed E-state index contributed by atoms with van der Waals surface area (Å²) in [6.07, 6.45) is 7.67. The fourth-order valence-corrected chi connectivity index (χ4v) is 5.00. The van der Waals surface area contributed by atoms with E-state index in [-0.39, 0.29) is 5.91 Å². The van der Waals surface area contributed by atoms with Crippen LogP contribution in [0.5, 0.6) is 0 Å². The number of hydrogen-bond donors (Lipinski definition) is 0. The third-order valence-corrected chi connectivity index (χ3v) is 6.75. The van der Waals surface area contributed by atoms with Crippen LogP contribution in [0, 0.1) is 0 Å². The Morgan fingerprint density at radius 3 is 2.67 bits per heavy atom. The monoisotopic (exact) mass is 380 g/mol. The maximum absolute atomic E-state index is 12.9. The van der Waals surface area contributed by atoms with Crippen LogP contribution < -0.4 is 0 Å². The van der Waals surface area contributed by atoms with E-state index in [2.05, 4.69) is 20.3 Å². The van der Waals surface area contributed by atoms with Crippen LogP contribution in [0.25, 0.3) is 0 Å². The molecule has 0 N–H and O–H groups in total. The molecule has 1 amide bonds. The van der Waals surface area contributed by atoms with Crippen molar-refractivity contribution >= 4 is 41.0 Å². The molecule has 1 aliphatic heterocycles. The normalized spacial score (nSPS) is 15.7.